The van der Waals surface area contributed by atoms with Gasteiger partial charge < -0.3 is 25.2 Å². The van der Waals surface area contributed by atoms with E-state index in [9.17, 15) is 20.1 Å². The van der Waals surface area contributed by atoms with Crippen LogP contribution in [-0.4, -0.2) is 56.9 Å². The highest BCUT2D eigenvalue weighted by Gasteiger charge is 2.36. The third-order valence-electron chi connectivity index (χ3n) is 4.44. The summed E-state index contributed by atoms with van der Waals surface area (Å²) in [7, 11) is 0. The molecule has 28 heavy (non-hydrogen) atoms. The Morgan fingerprint density at radius 3 is 2.57 bits per heavy atom. The number of allylic oxidation sites excluding steroid dienone is 4. The maximum atomic E-state index is 10.5. The van der Waals surface area contributed by atoms with Crippen molar-refractivity contribution in [2.75, 3.05) is 0 Å². The van der Waals surface area contributed by atoms with Gasteiger partial charge in [0.05, 0.1) is 30.5 Å². The number of aliphatic carboxylic acids is 1. The summed E-state index contributed by atoms with van der Waals surface area (Å²) in [5, 5.41) is 38.8. The highest BCUT2D eigenvalue weighted by molar-refractivity contribution is 5.66. The molecule has 1 heterocycles. The summed E-state index contributed by atoms with van der Waals surface area (Å²) in [5.41, 5.74) is 0. The van der Waals surface area contributed by atoms with Crippen molar-refractivity contribution in [3.05, 3.63) is 48.6 Å². The van der Waals surface area contributed by atoms with E-state index in [1.54, 1.807) is 18.2 Å². The number of rotatable bonds is 13. The SMILES string of the molecule is CC/C=C\C/C=C\C[C@H](O)/C=C/[C@@H](O)[C@@H]1C[C@@H](O)[C@H](C/C=C\CCC(=O)O)O1. The van der Waals surface area contributed by atoms with E-state index in [1.807, 2.05) is 12.2 Å². The summed E-state index contributed by atoms with van der Waals surface area (Å²) < 4.78 is 5.71. The van der Waals surface area contributed by atoms with Crippen molar-refractivity contribution >= 4 is 5.97 Å². The van der Waals surface area contributed by atoms with Gasteiger partial charge in [0.15, 0.2) is 0 Å². The maximum Gasteiger partial charge on any atom is 0.303 e. The molecule has 6 nitrogen and oxygen atoms in total. The van der Waals surface area contributed by atoms with Crippen molar-refractivity contribution in [2.24, 2.45) is 0 Å². The molecule has 5 atom stereocenters. The molecule has 0 radical (unpaired) electrons. The largest absolute Gasteiger partial charge is 0.481 e. The minimum Gasteiger partial charge on any atom is -0.481 e. The summed E-state index contributed by atoms with van der Waals surface area (Å²) in [6.07, 6.45) is 15.1. The Bertz CT molecular complexity index is 551. The van der Waals surface area contributed by atoms with E-state index in [1.165, 1.54) is 6.08 Å². The van der Waals surface area contributed by atoms with Crippen LogP contribution in [0, 0.1) is 0 Å². The molecule has 158 valence electrons. The molecule has 0 amide bonds. The number of aliphatic hydroxyl groups excluding tert-OH is 3. The summed E-state index contributed by atoms with van der Waals surface area (Å²) in [6.45, 7) is 2.08. The van der Waals surface area contributed by atoms with E-state index in [-0.39, 0.29) is 6.42 Å². The van der Waals surface area contributed by atoms with Gasteiger partial charge in [0, 0.05) is 12.8 Å². The molecule has 6 heteroatoms. The predicted molar refractivity (Wildman–Crippen MR) is 109 cm³/mol. The van der Waals surface area contributed by atoms with E-state index in [0.29, 0.717) is 25.7 Å². The Balaban J connectivity index is 2.33. The van der Waals surface area contributed by atoms with Crippen LogP contribution in [0.4, 0.5) is 0 Å². The van der Waals surface area contributed by atoms with E-state index >= 15 is 0 Å². The maximum absolute atomic E-state index is 10.5. The van der Waals surface area contributed by atoms with Crippen LogP contribution in [0.25, 0.3) is 0 Å². The van der Waals surface area contributed by atoms with Crippen molar-refractivity contribution in [1.82, 2.24) is 0 Å². The van der Waals surface area contributed by atoms with Crippen LogP contribution in [0.3, 0.4) is 0 Å². The predicted octanol–water partition coefficient (Wildman–Crippen LogP) is 2.90. The van der Waals surface area contributed by atoms with Crippen molar-refractivity contribution < 1.29 is 30.0 Å². The lowest BCUT2D eigenvalue weighted by Crippen LogP contribution is -2.24. The zero-order valence-corrected chi connectivity index (χ0v) is 16.6. The monoisotopic (exact) mass is 394 g/mol. The lowest BCUT2D eigenvalue weighted by Gasteiger charge is -2.16. The van der Waals surface area contributed by atoms with Gasteiger partial charge in [0.2, 0.25) is 0 Å². The van der Waals surface area contributed by atoms with Crippen LogP contribution in [0.5, 0.6) is 0 Å². The molecule has 0 spiro atoms. The summed E-state index contributed by atoms with van der Waals surface area (Å²) >= 11 is 0. The van der Waals surface area contributed by atoms with Crippen molar-refractivity contribution in [1.29, 1.82) is 0 Å². The molecule has 0 aliphatic carbocycles. The van der Waals surface area contributed by atoms with E-state index < -0.39 is 36.5 Å². The zero-order valence-electron chi connectivity index (χ0n) is 16.6. The summed E-state index contributed by atoms with van der Waals surface area (Å²) in [5.74, 6) is -0.845. The number of aliphatic hydroxyl groups is 3. The van der Waals surface area contributed by atoms with Gasteiger partial charge in [-0.15, -0.1) is 0 Å². The van der Waals surface area contributed by atoms with Crippen molar-refractivity contribution in [2.45, 2.75) is 82.4 Å². The second-order valence-electron chi connectivity index (χ2n) is 6.92. The first-order valence-electron chi connectivity index (χ1n) is 9.98. The first-order valence-corrected chi connectivity index (χ1v) is 9.98. The number of hydrogen-bond donors (Lipinski definition) is 4. The number of carboxylic acid groups (broad SMARTS) is 1. The molecule has 1 saturated heterocycles. The van der Waals surface area contributed by atoms with E-state index in [0.717, 1.165) is 12.8 Å². The van der Waals surface area contributed by atoms with Crippen molar-refractivity contribution in [3.63, 3.8) is 0 Å². The summed E-state index contributed by atoms with van der Waals surface area (Å²) in [6, 6.07) is 0. The normalized spacial score (nSPS) is 25.5. The van der Waals surface area contributed by atoms with Crippen LogP contribution >= 0.6 is 0 Å². The third kappa shape index (κ3) is 10.6. The van der Waals surface area contributed by atoms with Crippen LogP contribution < -0.4 is 0 Å². The van der Waals surface area contributed by atoms with E-state index in [4.69, 9.17) is 9.84 Å². The van der Waals surface area contributed by atoms with Gasteiger partial charge in [-0.3, -0.25) is 4.79 Å². The van der Waals surface area contributed by atoms with Crippen LogP contribution in [-0.2, 0) is 9.53 Å². The van der Waals surface area contributed by atoms with Gasteiger partial charge in [-0.2, -0.15) is 0 Å². The molecule has 0 aromatic heterocycles. The van der Waals surface area contributed by atoms with Gasteiger partial charge in [0.1, 0.15) is 0 Å². The molecule has 0 bridgehead atoms. The third-order valence-corrected chi connectivity index (χ3v) is 4.44. The first-order chi connectivity index (χ1) is 13.4. The van der Waals surface area contributed by atoms with Gasteiger partial charge in [-0.05, 0) is 32.1 Å². The molecule has 1 rings (SSSR count). The van der Waals surface area contributed by atoms with Crippen LogP contribution in [0.15, 0.2) is 48.6 Å². The second kappa shape index (κ2) is 14.3. The Hall–Kier alpha value is -1.73. The smallest absolute Gasteiger partial charge is 0.303 e. The number of ether oxygens (including phenoxy) is 1. The Kier molecular flexibility index (Phi) is 12.4. The summed E-state index contributed by atoms with van der Waals surface area (Å²) in [4.78, 5) is 10.5. The number of carboxylic acids is 1. The molecule has 0 saturated carbocycles. The molecule has 1 fully saturated rings. The standard InChI is InChI=1S/C22H34O6/c1-2-3-4-5-6-8-11-17(23)14-15-18(24)21-16-19(25)20(28-21)12-9-7-10-13-22(26)27/h3-4,6-9,14-15,17-21,23-25H,2,5,10-13,16H2,1H3,(H,26,27)/b4-3-,8-6-,9-7-,15-14+/t17-,18+,19+,20-,21-/m0/s1. The van der Waals surface area contributed by atoms with Gasteiger partial charge >= 0.3 is 5.97 Å². The van der Waals surface area contributed by atoms with E-state index in [2.05, 4.69) is 19.1 Å². The molecular weight excluding hydrogens is 360 g/mol. The van der Waals surface area contributed by atoms with Gasteiger partial charge in [0.25, 0.3) is 0 Å². The molecule has 0 aromatic carbocycles. The molecule has 0 aromatic rings. The fourth-order valence-electron chi connectivity index (χ4n) is 2.87. The van der Waals surface area contributed by atoms with Gasteiger partial charge in [-0.25, -0.2) is 0 Å². The molecule has 0 unspecified atom stereocenters. The minimum atomic E-state index is -0.901. The lowest BCUT2D eigenvalue weighted by atomic mass is 10.0. The quantitative estimate of drug-likeness (QED) is 0.358. The number of carbonyl (C=O) groups is 1. The highest BCUT2D eigenvalue weighted by Crippen LogP contribution is 2.26. The lowest BCUT2D eigenvalue weighted by molar-refractivity contribution is -0.136. The molecule has 4 N–H and O–H groups in total. The van der Waals surface area contributed by atoms with Crippen LogP contribution in [0.1, 0.15) is 51.9 Å². The van der Waals surface area contributed by atoms with Gasteiger partial charge in [-0.1, -0.05) is 55.5 Å². The average molecular weight is 395 g/mol. The Labute approximate surface area is 167 Å². The fraction of sp³-hybridized carbons (Fsp3) is 0.591. The molecule has 1 aliphatic rings. The van der Waals surface area contributed by atoms with Crippen molar-refractivity contribution in [3.8, 4) is 0 Å². The topological polar surface area (TPSA) is 107 Å². The first kappa shape index (κ1) is 24.3. The van der Waals surface area contributed by atoms with Crippen LogP contribution in [0.2, 0.25) is 0 Å². The highest BCUT2D eigenvalue weighted by atomic mass is 16.5. The Morgan fingerprint density at radius 2 is 1.86 bits per heavy atom. The Morgan fingerprint density at radius 1 is 1.11 bits per heavy atom. The zero-order chi connectivity index (χ0) is 20.8. The minimum absolute atomic E-state index is 0.0731. The average Bonchev–Trinajstić information content (AvgIpc) is 3.03. The molecular formula is C22H34O6. The number of hydrogen-bond acceptors (Lipinski definition) is 5. The molecule has 1 aliphatic heterocycles. The second-order valence-corrected chi connectivity index (χ2v) is 6.92. The fourth-order valence-corrected chi connectivity index (χ4v) is 2.87.